The molecule has 0 saturated heterocycles. The van der Waals surface area contributed by atoms with E-state index in [2.05, 4.69) is 4.72 Å². The molecule has 0 bridgehead atoms. The van der Waals surface area contributed by atoms with Crippen LogP contribution in [0.15, 0.2) is 42.5 Å². The number of carboxylic acids is 1. The van der Waals surface area contributed by atoms with Crippen LogP contribution >= 0.6 is 23.2 Å². The molecule has 2 rings (SSSR count). The Morgan fingerprint density at radius 2 is 1.74 bits per heavy atom. The fraction of sp³-hybridized carbons (Fsp3) is 0.133. The number of nitrogens with one attached hydrogen (secondary N) is 1. The molecule has 0 spiro atoms. The SMILES string of the molecule is O=C(O)c1ccc(CNS(=O)(=O)Cc2cccc(Cl)c2Cl)cc1. The van der Waals surface area contributed by atoms with Gasteiger partial charge in [-0.05, 0) is 29.3 Å². The van der Waals surface area contributed by atoms with Crippen LogP contribution in [0.1, 0.15) is 21.5 Å². The molecule has 0 saturated carbocycles. The maximum atomic E-state index is 12.1. The second-order valence-corrected chi connectivity index (χ2v) is 7.39. The van der Waals surface area contributed by atoms with Crippen LogP contribution < -0.4 is 4.72 Å². The normalized spacial score (nSPS) is 11.4. The van der Waals surface area contributed by atoms with Gasteiger partial charge < -0.3 is 5.11 Å². The number of halogens is 2. The first-order valence-corrected chi connectivity index (χ1v) is 8.92. The van der Waals surface area contributed by atoms with E-state index in [1.54, 1.807) is 30.3 Å². The Morgan fingerprint density at radius 3 is 2.35 bits per heavy atom. The van der Waals surface area contributed by atoms with Gasteiger partial charge in [-0.1, -0.05) is 47.5 Å². The van der Waals surface area contributed by atoms with Crippen LogP contribution in [0.25, 0.3) is 0 Å². The second-order valence-electron chi connectivity index (χ2n) is 4.80. The van der Waals surface area contributed by atoms with Crippen LogP contribution in [0.4, 0.5) is 0 Å². The molecule has 122 valence electrons. The highest BCUT2D eigenvalue weighted by molar-refractivity contribution is 7.88. The van der Waals surface area contributed by atoms with E-state index in [1.807, 2.05) is 0 Å². The molecule has 0 aliphatic heterocycles. The molecule has 23 heavy (non-hydrogen) atoms. The Kier molecular flexibility index (Phi) is 5.64. The van der Waals surface area contributed by atoms with Gasteiger partial charge in [-0.25, -0.2) is 17.9 Å². The average Bonchev–Trinajstić information content (AvgIpc) is 2.50. The van der Waals surface area contributed by atoms with Gasteiger partial charge in [0.2, 0.25) is 10.0 Å². The Hall–Kier alpha value is -1.60. The standard InChI is InChI=1S/C15H13Cl2NO4S/c16-13-3-1-2-12(14(13)17)9-23(21,22)18-8-10-4-6-11(7-5-10)15(19)20/h1-7,18H,8-9H2,(H,19,20). The summed E-state index contributed by atoms with van der Waals surface area (Å²) in [6.45, 7) is 0.0560. The van der Waals surface area contributed by atoms with E-state index in [4.69, 9.17) is 28.3 Å². The zero-order chi connectivity index (χ0) is 17.0. The minimum absolute atomic E-state index is 0.0560. The summed E-state index contributed by atoms with van der Waals surface area (Å²) < 4.78 is 26.7. The Balaban J connectivity index is 2.04. The Morgan fingerprint density at radius 1 is 1.09 bits per heavy atom. The van der Waals surface area contributed by atoms with Gasteiger partial charge >= 0.3 is 5.97 Å². The molecule has 0 aliphatic rings. The van der Waals surface area contributed by atoms with E-state index in [1.165, 1.54) is 12.1 Å². The van der Waals surface area contributed by atoms with E-state index >= 15 is 0 Å². The lowest BCUT2D eigenvalue weighted by molar-refractivity contribution is 0.0697. The molecule has 0 heterocycles. The summed E-state index contributed by atoms with van der Waals surface area (Å²) in [6.07, 6.45) is 0. The quantitative estimate of drug-likeness (QED) is 0.813. The van der Waals surface area contributed by atoms with Gasteiger partial charge in [0.25, 0.3) is 0 Å². The van der Waals surface area contributed by atoms with Gasteiger partial charge in [0, 0.05) is 6.54 Å². The van der Waals surface area contributed by atoms with Gasteiger partial charge in [0.05, 0.1) is 21.4 Å². The minimum Gasteiger partial charge on any atom is -0.478 e. The van der Waals surface area contributed by atoms with Crippen molar-refractivity contribution in [2.45, 2.75) is 12.3 Å². The van der Waals surface area contributed by atoms with Crippen molar-refractivity contribution in [1.82, 2.24) is 4.72 Å². The summed E-state index contributed by atoms with van der Waals surface area (Å²) in [4.78, 5) is 10.8. The number of aromatic carboxylic acids is 1. The van der Waals surface area contributed by atoms with Crippen LogP contribution in [0, 0.1) is 0 Å². The smallest absolute Gasteiger partial charge is 0.335 e. The number of carbonyl (C=O) groups is 1. The van der Waals surface area contributed by atoms with Crippen LogP contribution in [0.5, 0.6) is 0 Å². The predicted octanol–water partition coefficient (Wildman–Crippen LogP) is 3.31. The van der Waals surface area contributed by atoms with Crippen LogP contribution in [0.2, 0.25) is 10.0 Å². The van der Waals surface area contributed by atoms with Gasteiger partial charge in [0.1, 0.15) is 0 Å². The minimum atomic E-state index is -3.61. The molecule has 0 amide bonds. The van der Waals surface area contributed by atoms with Crippen LogP contribution in [0.3, 0.4) is 0 Å². The maximum Gasteiger partial charge on any atom is 0.335 e. The number of carboxylic acid groups (broad SMARTS) is 1. The lowest BCUT2D eigenvalue weighted by atomic mass is 10.1. The van der Waals surface area contributed by atoms with Gasteiger partial charge in [-0.15, -0.1) is 0 Å². The molecule has 0 unspecified atom stereocenters. The molecule has 0 aromatic heterocycles. The summed E-state index contributed by atoms with van der Waals surface area (Å²) >= 11 is 11.8. The molecular weight excluding hydrogens is 361 g/mol. The largest absolute Gasteiger partial charge is 0.478 e. The molecule has 8 heteroatoms. The van der Waals surface area contributed by atoms with E-state index in [0.29, 0.717) is 16.1 Å². The van der Waals surface area contributed by atoms with E-state index < -0.39 is 16.0 Å². The van der Waals surface area contributed by atoms with Gasteiger partial charge in [-0.2, -0.15) is 0 Å². The molecule has 5 nitrogen and oxygen atoms in total. The predicted molar refractivity (Wildman–Crippen MR) is 89.3 cm³/mol. The summed E-state index contributed by atoms with van der Waals surface area (Å²) in [5.74, 6) is -1.33. The summed E-state index contributed by atoms with van der Waals surface area (Å²) in [7, 11) is -3.61. The van der Waals surface area contributed by atoms with Crippen molar-refractivity contribution < 1.29 is 18.3 Å². The fourth-order valence-electron chi connectivity index (χ4n) is 1.87. The van der Waals surface area contributed by atoms with Crippen molar-refractivity contribution in [2.75, 3.05) is 0 Å². The number of rotatable bonds is 6. The Bertz CT molecular complexity index is 820. The number of sulfonamides is 1. The lowest BCUT2D eigenvalue weighted by Crippen LogP contribution is -2.24. The monoisotopic (exact) mass is 373 g/mol. The van der Waals surface area contributed by atoms with Crippen molar-refractivity contribution in [3.05, 3.63) is 69.2 Å². The van der Waals surface area contributed by atoms with Crippen molar-refractivity contribution in [1.29, 1.82) is 0 Å². The summed E-state index contributed by atoms with van der Waals surface area (Å²) in [5, 5.41) is 9.32. The van der Waals surface area contributed by atoms with Crippen molar-refractivity contribution in [3.8, 4) is 0 Å². The molecular formula is C15H13Cl2NO4S. The van der Waals surface area contributed by atoms with E-state index in [0.717, 1.165) is 0 Å². The summed E-state index contributed by atoms with van der Waals surface area (Å²) in [5.41, 5.74) is 1.20. The third-order valence-corrected chi connectivity index (χ3v) is 5.21. The van der Waals surface area contributed by atoms with Crippen LogP contribution in [-0.4, -0.2) is 19.5 Å². The van der Waals surface area contributed by atoms with Gasteiger partial charge in [-0.3, -0.25) is 0 Å². The highest BCUT2D eigenvalue weighted by atomic mass is 35.5. The fourth-order valence-corrected chi connectivity index (χ4v) is 3.48. The molecule has 2 aromatic carbocycles. The zero-order valence-corrected chi connectivity index (χ0v) is 14.1. The zero-order valence-electron chi connectivity index (χ0n) is 11.8. The number of hydrogen-bond donors (Lipinski definition) is 2. The average molecular weight is 374 g/mol. The number of hydrogen-bond acceptors (Lipinski definition) is 3. The first kappa shape index (κ1) is 17.7. The topological polar surface area (TPSA) is 83.5 Å². The molecule has 2 aromatic rings. The molecule has 0 radical (unpaired) electrons. The first-order valence-electron chi connectivity index (χ1n) is 6.51. The van der Waals surface area contributed by atoms with Crippen molar-refractivity contribution in [2.24, 2.45) is 0 Å². The molecule has 0 atom stereocenters. The maximum absolute atomic E-state index is 12.1. The summed E-state index contributed by atoms with van der Waals surface area (Å²) in [6, 6.07) is 10.7. The van der Waals surface area contributed by atoms with Crippen LogP contribution in [-0.2, 0) is 22.3 Å². The van der Waals surface area contributed by atoms with E-state index in [9.17, 15) is 13.2 Å². The highest BCUT2D eigenvalue weighted by Gasteiger charge is 2.15. The van der Waals surface area contributed by atoms with E-state index in [-0.39, 0.29) is 22.9 Å². The molecule has 0 aliphatic carbocycles. The third kappa shape index (κ3) is 4.94. The highest BCUT2D eigenvalue weighted by Crippen LogP contribution is 2.26. The molecule has 0 fully saturated rings. The Labute approximate surface area is 143 Å². The number of benzene rings is 2. The van der Waals surface area contributed by atoms with Crippen molar-refractivity contribution in [3.63, 3.8) is 0 Å². The van der Waals surface area contributed by atoms with Gasteiger partial charge in [0.15, 0.2) is 0 Å². The first-order chi connectivity index (χ1) is 10.8. The lowest BCUT2D eigenvalue weighted by Gasteiger charge is -2.09. The molecule has 2 N–H and O–H groups in total. The second kappa shape index (κ2) is 7.31. The third-order valence-electron chi connectivity index (χ3n) is 3.07. The van der Waals surface area contributed by atoms with Crippen molar-refractivity contribution >= 4 is 39.2 Å².